The number of hydrogen-bond acceptors (Lipinski definition) is 2. The van der Waals surface area contributed by atoms with Gasteiger partial charge in [0.25, 0.3) is 0 Å². The Morgan fingerprint density at radius 3 is 1.93 bits per heavy atom. The Kier molecular flexibility index (Phi) is 4.12. The molecule has 0 N–H and O–H groups in total. The number of carbonyl (C=O) groups is 2. The average Bonchev–Trinajstić information content (AvgIpc) is 2.17. The van der Waals surface area contributed by atoms with Crippen LogP contribution < -0.4 is 0 Å². The van der Waals surface area contributed by atoms with Crippen LogP contribution in [0.15, 0.2) is 0 Å². The van der Waals surface area contributed by atoms with Crippen LogP contribution in [0.25, 0.3) is 0 Å². The summed E-state index contributed by atoms with van der Waals surface area (Å²) in [6.07, 6.45) is 0.611. The van der Waals surface area contributed by atoms with Gasteiger partial charge in [-0.3, -0.25) is 9.59 Å². The van der Waals surface area contributed by atoms with Gasteiger partial charge in [0, 0.05) is 39.5 Å². The summed E-state index contributed by atoms with van der Waals surface area (Å²) in [6, 6.07) is 0. The molecule has 0 atom stereocenters. The molecule has 0 aromatic carbocycles. The van der Waals surface area contributed by atoms with Gasteiger partial charge >= 0.3 is 0 Å². The van der Waals surface area contributed by atoms with E-state index >= 15 is 0 Å². The highest BCUT2D eigenvalue weighted by molar-refractivity contribution is 5.77. The van der Waals surface area contributed by atoms with Gasteiger partial charge in [-0.05, 0) is 5.92 Å². The van der Waals surface area contributed by atoms with Crippen LogP contribution in [0.5, 0.6) is 0 Å². The first-order chi connectivity index (χ1) is 7.00. The first-order valence-corrected chi connectivity index (χ1v) is 5.54. The van der Waals surface area contributed by atoms with Gasteiger partial charge in [-0.15, -0.1) is 0 Å². The third-order valence-corrected chi connectivity index (χ3v) is 2.66. The van der Waals surface area contributed by atoms with Crippen molar-refractivity contribution in [2.45, 2.75) is 27.2 Å². The van der Waals surface area contributed by atoms with Gasteiger partial charge in [0.05, 0.1) is 0 Å². The molecule has 2 amide bonds. The fraction of sp³-hybridized carbons (Fsp3) is 0.818. The van der Waals surface area contributed by atoms with Crippen molar-refractivity contribution in [1.82, 2.24) is 9.80 Å². The van der Waals surface area contributed by atoms with E-state index in [2.05, 4.69) is 0 Å². The maximum absolute atomic E-state index is 11.7. The molecule has 1 rings (SSSR count). The SMILES string of the molecule is CC(=O)N1CCN(C(=O)CC(C)C)CC1. The van der Waals surface area contributed by atoms with E-state index in [4.69, 9.17) is 0 Å². The summed E-state index contributed by atoms with van der Waals surface area (Å²) in [5, 5.41) is 0. The molecule has 1 saturated heterocycles. The third-order valence-electron chi connectivity index (χ3n) is 2.66. The molecule has 0 radical (unpaired) electrons. The van der Waals surface area contributed by atoms with Crippen LogP contribution in [0.1, 0.15) is 27.2 Å². The van der Waals surface area contributed by atoms with Crippen molar-refractivity contribution in [2.24, 2.45) is 5.92 Å². The van der Waals surface area contributed by atoms with Crippen LogP contribution in [0, 0.1) is 5.92 Å². The van der Waals surface area contributed by atoms with E-state index in [0.29, 0.717) is 38.5 Å². The van der Waals surface area contributed by atoms with Crippen molar-refractivity contribution in [1.29, 1.82) is 0 Å². The molecular formula is C11H20N2O2. The largest absolute Gasteiger partial charge is 0.339 e. The quantitative estimate of drug-likeness (QED) is 0.677. The summed E-state index contributed by atoms with van der Waals surface area (Å²) in [4.78, 5) is 26.4. The smallest absolute Gasteiger partial charge is 0.222 e. The van der Waals surface area contributed by atoms with Crippen LogP contribution in [0.2, 0.25) is 0 Å². The van der Waals surface area contributed by atoms with Crippen molar-refractivity contribution in [3.63, 3.8) is 0 Å². The van der Waals surface area contributed by atoms with E-state index in [1.807, 2.05) is 18.7 Å². The Hall–Kier alpha value is -1.06. The zero-order valence-corrected chi connectivity index (χ0v) is 9.82. The Morgan fingerprint density at radius 2 is 1.53 bits per heavy atom. The second-order valence-corrected chi connectivity index (χ2v) is 4.48. The maximum Gasteiger partial charge on any atom is 0.222 e. The number of rotatable bonds is 2. The molecule has 1 aliphatic rings. The van der Waals surface area contributed by atoms with Gasteiger partial charge in [-0.1, -0.05) is 13.8 Å². The number of carbonyl (C=O) groups excluding carboxylic acids is 2. The van der Waals surface area contributed by atoms with E-state index in [1.165, 1.54) is 0 Å². The van der Waals surface area contributed by atoms with Crippen LogP contribution in [-0.4, -0.2) is 47.8 Å². The van der Waals surface area contributed by atoms with E-state index in [0.717, 1.165) is 0 Å². The van der Waals surface area contributed by atoms with Crippen molar-refractivity contribution in [3.8, 4) is 0 Å². The van der Waals surface area contributed by atoms with Gasteiger partial charge in [0.1, 0.15) is 0 Å². The van der Waals surface area contributed by atoms with E-state index in [9.17, 15) is 9.59 Å². The van der Waals surface area contributed by atoms with Gasteiger partial charge < -0.3 is 9.80 Å². The van der Waals surface area contributed by atoms with Gasteiger partial charge in [-0.25, -0.2) is 0 Å². The lowest BCUT2D eigenvalue weighted by Gasteiger charge is -2.34. The molecular weight excluding hydrogens is 192 g/mol. The van der Waals surface area contributed by atoms with E-state index in [-0.39, 0.29) is 11.8 Å². The Labute approximate surface area is 91.2 Å². The molecule has 0 saturated carbocycles. The highest BCUT2D eigenvalue weighted by atomic mass is 16.2. The fourth-order valence-electron chi connectivity index (χ4n) is 1.75. The van der Waals surface area contributed by atoms with Crippen LogP contribution in [-0.2, 0) is 9.59 Å². The molecule has 1 heterocycles. The minimum absolute atomic E-state index is 0.103. The molecule has 4 heteroatoms. The Balaban J connectivity index is 2.37. The van der Waals surface area contributed by atoms with Gasteiger partial charge in [-0.2, -0.15) is 0 Å². The van der Waals surface area contributed by atoms with Crippen LogP contribution in [0.4, 0.5) is 0 Å². The van der Waals surface area contributed by atoms with Gasteiger partial charge in [0.15, 0.2) is 0 Å². The normalized spacial score (nSPS) is 17.1. The van der Waals surface area contributed by atoms with Crippen LogP contribution >= 0.6 is 0 Å². The molecule has 0 bridgehead atoms. The predicted octanol–water partition coefficient (Wildman–Crippen LogP) is 0.723. The maximum atomic E-state index is 11.7. The number of piperazine rings is 1. The molecule has 0 unspecified atom stereocenters. The standard InChI is InChI=1S/C11H20N2O2/c1-9(2)8-11(15)13-6-4-12(5-7-13)10(3)14/h9H,4-8H2,1-3H3. The van der Waals surface area contributed by atoms with Crippen molar-refractivity contribution >= 4 is 11.8 Å². The second kappa shape index (κ2) is 5.14. The van der Waals surface area contributed by atoms with Crippen molar-refractivity contribution in [3.05, 3.63) is 0 Å². The number of hydrogen-bond donors (Lipinski definition) is 0. The second-order valence-electron chi connectivity index (χ2n) is 4.48. The van der Waals surface area contributed by atoms with Gasteiger partial charge in [0.2, 0.25) is 11.8 Å². The molecule has 15 heavy (non-hydrogen) atoms. The predicted molar refractivity (Wildman–Crippen MR) is 58.3 cm³/mol. The topological polar surface area (TPSA) is 40.6 Å². The highest BCUT2D eigenvalue weighted by Crippen LogP contribution is 2.08. The summed E-state index contributed by atoms with van der Waals surface area (Å²) < 4.78 is 0. The molecule has 86 valence electrons. The fourth-order valence-corrected chi connectivity index (χ4v) is 1.75. The van der Waals surface area contributed by atoms with Crippen molar-refractivity contribution in [2.75, 3.05) is 26.2 Å². The monoisotopic (exact) mass is 212 g/mol. The zero-order valence-electron chi connectivity index (χ0n) is 9.82. The number of amides is 2. The average molecular weight is 212 g/mol. The molecule has 0 aromatic heterocycles. The lowest BCUT2D eigenvalue weighted by molar-refractivity contribution is -0.138. The highest BCUT2D eigenvalue weighted by Gasteiger charge is 2.22. The molecule has 0 aliphatic carbocycles. The molecule has 0 aromatic rings. The lowest BCUT2D eigenvalue weighted by Crippen LogP contribution is -2.50. The van der Waals surface area contributed by atoms with Crippen molar-refractivity contribution < 1.29 is 9.59 Å². The van der Waals surface area contributed by atoms with E-state index < -0.39 is 0 Å². The lowest BCUT2D eigenvalue weighted by atomic mass is 10.1. The Bertz CT molecular complexity index is 243. The summed E-state index contributed by atoms with van der Waals surface area (Å²) in [6.45, 7) is 8.40. The zero-order chi connectivity index (χ0) is 11.4. The Morgan fingerprint density at radius 1 is 1.07 bits per heavy atom. The first-order valence-electron chi connectivity index (χ1n) is 5.54. The summed E-state index contributed by atoms with van der Waals surface area (Å²) in [5.41, 5.74) is 0. The summed E-state index contributed by atoms with van der Waals surface area (Å²) in [7, 11) is 0. The molecule has 1 fully saturated rings. The summed E-state index contributed by atoms with van der Waals surface area (Å²) in [5.74, 6) is 0.725. The van der Waals surface area contributed by atoms with E-state index in [1.54, 1.807) is 11.8 Å². The summed E-state index contributed by atoms with van der Waals surface area (Å²) >= 11 is 0. The minimum Gasteiger partial charge on any atom is -0.339 e. The van der Waals surface area contributed by atoms with Crippen LogP contribution in [0.3, 0.4) is 0 Å². The molecule has 4 nitrogen and oxygen atoms in total. The number of nitrogens with zero attached hydrogens (tertiary/aromatic N) is 2. The molecule has 0 spiro atoms. The first kappa shape index (κ1) is 12.0. The minimum atomic E-state index is 0.103. The molecule has 1 aliphatic heterocycles. The third kappa shape index (κ3) is 3.53.